The molecule has 1 saturated heterocycles. The molecule has 0 unspecified atom stereocenters. The van der Waals surface area contributed by atoms with Gasteiger partial charge in [0.25, 0.3) is 5.91 Å². The number of benzene rings is 1. The van der Waals surface area contributed by atoms with Crippen molar-refractivity contribution < 1.29 is 9.59 Å². The van der Waals surface area contributed by atoms with Gasteiger partial charge in [0.1, 0.15) is 0 Å². The third-order valence-corrected chi connectivity index (χ3v) is 3.34. The van der Waals surface area contributed by atoms with Crippen LogP contribution in [0.4, 0.5) is 5.69 Å². The molecule has 0 bridgehead atoms. The van der Waals surface area contributed by atoms with Crippen LogP contribution in [-0.4, -0.2) is 30.0 Å². The van der Waals surface area contributed by atoms with Gasteiger partial charge in [-0.05, 0) is 37.0 Å². The zero-order chi connectivity index (χ0) is 13.0. The van der Waals surface area contributed by atoms with E-state index in [9.17, 15) is 9.59 Å². The smallest absolute Gasteiger partial charge is 0.253 e. The molecule has 4 heteroatoms. The fourth-order valence-electron chi connectivity index (χ4n) is 2.16. The fraction of sp³-hybridized carbons (Fsp3) is 0.429. The van der Waals surface area contributed by atoms with Crippen LogP contribution in [-0.2, 0) is 4.79 Å². The maximum Gasteiger partial charge on any atom is 0.253 e. The second-order valence-electron chi connectivity index (χ2n) is 4.73. The van der Waals surface area contributed by atoms with Crippen LogP contribution >= 0.6 is 0 Å². The molecule has 1 aliphatic heterocycles. The van der Waals surface area contributed by atoms with E-state index in [2.05, 4.69) is 11.9 Å². The molecule has 0 aromatic heterocycles. The molecule has 0 radical (unpaired) electrons. The van der Waals surface area contributed by atoms with Gasteiger partial charge in [-0.2, -0.15) is 4.99 Å². The Morgan fingerprint density at radius 1 is 1.39 bits per heavy atom. The summed E-state index contributed by atoms with van der Waals surface area (Å²) in [6.45, 7) is 3.82. The number of carbonyl (C=O) groups excluding carboxylic acids is 2. The minimum atomic E-state index is 0.0184. The van der Waals surface area contributed by atoms with E-state index < -0.39 is 0 Å². The highest BCUT2D eigenvalue weighted by molar-refractivity contribution is 5.95. The quantitative estimate of drug-likeness (QED) is 0.593. The highest BCUT2D eigenvalue weighted by Gasteiger charge is 2.21. The van der Waals surface area contributed by atoms with Crippen molar-refractivity contribution in [3.8, 4) is 0 Å². The summed E-state index contributed by atoms with van der Waals surface area (Å²) in [7, 11) is 0. The number of likely N-dealkylation sites (tertiary alicyclic amines) is 1. The molecule has 0 spiro atoms. The maximum absolute atomic E-state index is 12.2. The highest BCUT2D eigenvalue weighted by Crippen LogP contribution is 2.20. The second kappa shape index (κ2) is 5.61. The molecular weight excluding hydrogens is 228 g/mol. The first-order valence-corrected chi connectivity index (χ1v) is 6.18. The SMILES string of the molecule is CC1CCN(C(=O)c2cccc(N=C=O)c2)CC1. The van der Waals surface area contributed by atoms with Crippen LogP contribution in [0.3, 0.4) is 0 Å². The molecule has 1 fully saturated rings. The van der Waals surface area contributed by atoms with Gasteiger partial charge in [-0.3, -0.25) is 4.79 Å². The monoisotopic (exact) mass is 244 g/mol. The average Bonchev–Trinajstić information content (AvgIpc) is 2.39. The minimum Gasteiger partial charge on any atom is -0.339 e. The average molecular weight is 244 g/mol. The Balaban J connectivity index is 2.13. The molecular formula is C14H16N2O2. The lowest BCUT2D eigenvalue weighted by Crippen LogP contribution is -2.37. The molecule has 0 N–H and O–H groups in total. The molecule has 1 amide bonds. The standard InChI is InChI=1S/C14H16N2O2/c1-11-5-7-16(8-6-11)14(18)12-3-2-4-13(9-12)15-10-17/h2-4,9,11H,5-8H2,1H3. The number of amides is 1. The van der Waals surface area contributed by atoms with Crippen LogP contribution in [0.1, 0.15) is 30.1 Å². The van der Waals surface area contributed by atoms with Crippen molar-refractivity contribution in [1.82, 2.24) is 4.90 Å². The van der Waals surface area contributed by atoms with Gasteiger partial charge in [0.05, 0.1) is 5.69 Å². The molecule has 0 saturated carbocycles. The summed E-state index contributed by atoms with van der Waals surface area (Å²) in [4.78, 5) is 27.9. The van der Waals surface area contributed by atoms with E-state index in [1.165, 1.54) is 6.08 Å². The highest BCUT2D eigenvalue weighted by atomic mass is 16.2. The Morgan fingerprint density at radius 2 is 2.11 bits per heavy atom. The first-order valence-electron chi connectivity index (χ1n) is 6.18. The number of aliphatic imine (C=N–C) groups is 1. The number of hydrogen-bond acceptors (Lipinski definition) is 3. The summed E-state index contributed by atoms with van der Waals surface area (Å²) in [6, 6.07) is 6.80. The van der Waals surface area contributed by atoms with Gasteiger partial charge in [-0.25, -0.2) is 4.79 Å². The number of nitrogens with zero attached hydrogens (tertiary/aromatic N) is 2. The minimum absolute atomic E-state index is 0.0184. The Morgan fingerprint density at radius 3 is 2.78 bits per heavy atom. The summed E-state index contributed by atoms with van der Waals surface area (Å²) in [5.74, 6) is 0.713. The van der Waals surface area contributed by atoms with Crippen molar-refractivity contribution in [3.05, 3.63) is 29.8 Å². The van der Waals surface area contributed by atoms with Gasteiger partial charge in [0.2, 0.25) is 6.08 Å². The van der Waals surface area contributed by atoms with Gasteiger partial charge >= 0.3 is 0 Å². The Bertz CT molecular complexity index is 484. The lowest BCUT2D eigenvalue weighted by Gasteiger charge is -2.30. The van der Waals surface area contributed by atoms with Crippen LogP contribution in [0.25, 0.3) is 0 Å². The number of piperidine rings is 1. The zero-order valence-electron chi connectivity index (χ0n) is 10.4. The number of isocyanates is 1. The van der Waals surface area contributed by atoms with Gasteiger partial charge < -0.3 is 4.90 Å². The lowest BCUT2D eigenvalue weighted by molar-refractivity contribution is 0.0697. The van der Waals surface area contributed by atoms with Crippen LogP contribution in [0.5, 0.6) is 0 Å². The van der Waals surface area contributed by atoms with Crippen LogP contribution in [0, 0.1) is 5.92 Å². The van der Waals surface area contributed by atoms with E-state index in [-0.39, 0.29) is 5.91 Å². The van der Waals surface area contributed by atoms with E-state index in [0.717, 1.165) is 25.9 Å². The topological polar surface area (TPSA) is 49.7 Å². The molecule has 1 aliphatic rings. The van der Waals surface area contributed by atoms with Crippen LogP contribution in [0.15, 0.2) is 29.3 Å². The van der Waals surface area contributed by atoms with Crippen LogP contribution < -0.4 is 0 Å². The predicted molar refractivity (Wildman–Crippen MR) is 68.5 cm³/mol. The first-order chi connectivity index (χ1) is 8.70. The Kier molecular flexibility index (Phi) is 3.90. The maximum atomic E-state index is 12.2. The van der Waals surface area contributed by atoms with Crippen molar-refractivity contribution in [3.63, 3.8) is 0 Å². The molecule has 4 nitrogen and oxygen atoms in total. The predicted octanol–water partition coefficient (Wildman–Crippen LogP) is 2.53. The van der Waals surface area contributed by atoms with Gasteiger partial charge in [0, 0.05) is 18.7 Å². The van der Waals surface area contributed by atoms with Crippen molar-refractivity contribution in [2.75, 3.05) is 13.1 Å². The molecule has 1 aromatic rings. The third kappa shape index (κ3) is 2.84. The van der Waals surface area contributed by atoms with E-state index in [4.69, 9.17) is 0 Å². The van der Waals surface area contributed by atoms with Crippen molar-refractivity contribution in [2.45, 2.75) is 19.8 Å². The van der Waals surface area contributed by atoms with E-state index in [1.807, 2.05) is 4.90 Å². The molecule has 94 valence electrons. The lowest BCUT2D eigenvalue weighted by atomic mass is 9.98. The number of carbonyl (C=O) groups is 1. The molecule has 1 heterocycles. The summed E-state index contributed by atoms with van der Waals surface area (Å²) < 4.78 is 0. The fourth-order valence-corrected chi connectivity index (χ4v) is 2.16. The largest absolute Gasteiger partial charge is 0.339 e. The van der Waals surface area contributed by atoms with Crippen LogP contribution in [0.2, 0.25) is 0 Å². The number of hydrogen-bond donors (Lipinski definition) is 0. The van der Waals surface area contributed by atoms with E-state index >= 15 is 0 Å². The molecule has 1 aromatic carbocycles. The molecule has 18 heavy (non-hydrogen) atoms. The van der Waals surface area contributed by atoms with E-state index in [1.54, 1.807) is 24.3 Å². The Labute approximate surface area is 106 Å². The summed E-state index contributed by atoms with van der Waals surface area (Å²) >= 11 is 0. The Hall–Kier alpha value is -1.93. The van der Waals surface area contributed by atoms with Crippen molar-refractivity contribution in [1.29, 1.82) is 0 Å². The number of rotatable bonds is 2. The van der Waals surface area contributed by atoms with Gasteiger partial charge in [-0.15, -0.1) is 0 Å². The summed E-state index contributed by atoms with van der Waals surface area (Å²) in [5.41, 5.74) is 1.06. The normalized spacial score (nSPS) is 16.2. The molecule has 0 aliphatic carbocycles. The zero-order valence-corrected chi connectivity index (χ0v) is 10.4. The summed E-state index contributed by atoms with van der Waals surface area (Å²) in [6.07, 6.45) is 3.59. The van der Waals surface area contributed by atoms with E-state index in [0.29, 0.717) is 17.2 Å². The van der Waals surface area contributed by atoms with Crippen molar-refractivity contribution >= 4 is 17.7 Å². The van der Waals surface area contributed by atoms with Gasteiger partial charge in [0.15, 0.2) is 0 Å². The second-order valence-corrected chi connectivity index (χ2v) is 4.73. The first kappa shape index (κ1) is 12.5. The molecule has 0 atom stereocenters. The molecule has 2 rings (SSSR count). The van der Waals surface area contributed by atoms with Crippen molar-refractivity contribution in [2.24, 2.45) is 10.9 Å². The third-order valence-electron chi connectivity index (χ3n) is 3.34. The summed E-state index contributed by atoms with van der Waals surface area (Å²) in [5, 5.41) is 0. The van der Waals surface area contributed by atoms with Gasteiger partial charge in [-0.1, -0.05) is 13.0 Å².